The molecule has 5 nitrogen and oxygen atoms in total. The van der Waals surface area contributed by atoms with Crippen LogP contribution in [0.1, 0.15) is 22.8 Å². The molecule has 2 amide bonds. The molecule has 3 aromatic carbocycles. The monoisotopic (exact) mass is 469 g/mol. The number of anilines is 1. The van der Waals surface area contributed by atoms with Gasteiger partial charge in [-0.1, -0.05) is 36.4 Å². The highest BCUT2D eigenvalue weighted by Crippen LogP contribution is 2.36. The Morgan fingerprint density at radius 1 is 1.07 bits per heavy atom. The second-order valence-electron chi connectivity index (χ2n) is 6.31. The maximum Gasteiger partial charge on any atom is 0.260 e. The van der Waals surface area contributed by atoms with Crippen LogP contribution in [0, 0.1) is 3.57 Å². The topological polar surface area (TPSA) is 61.8 Å². The highest BCUT2D eigenvalue weighted by molar-refractivity contribution is 14.1. The van der Waals surface area contributed by atoms with E-state index in [2.05, 4.69) is 33.1 Å². The zero-order valence-electron chi connectivity index (χ0n) is 14.6. The Bertz CT molecular complexity index is 1090. The molecule has 134 valence electrons. The molecule has 0 saturated heterocycles. The fraction of sp³-hybridized carbons (Fsp3) is 0.0952. The number of benzene rings is 3. The largest absolute Gasteiger partial charge is 0.298 e. The average molecular weight is 469 g/mol. The van der Waals surface area contributed by atoms with Crippen molar-refractivity contribution in [3.63, 3.8) is 0 Å². The van der Waals surface area contributed by atoms with Crippen molar-refractivity contribution in [2.24, 2.45) is 5.10 Å². The van der Waals surface area contributed by atoms with Crippen molar-refractivity contribution < 1.29 is 9.59 Å². The lowest BCUT2D eigenvalue weighted by Gasteiger charge is -2.16. The Hall–Kier alpha value is -2.74. The van der Waals surface area contributed by atoms with E-state index in [0.29, 0.717) is 11.3 Å². The molecule has 0 spiro atoms. The van der Waals surface area contributed by atoms with Crippen LogP contribution >= 0.6 is 22.6 Å². The third-order valence-corrected chi connectivity index (χ3v) is 5.28. The number of carbonyl (C=O) groups is 2. The van der Waals surface area contributed by atoms with Crippen LogP contribution in [0.4, 0.5) is 5.69 Å². The smallest absolute Gasteiger partial charge is 0.260 e. The Kier molecular flexibility index (Phi) is 4.65. The van der Waals surface area contributed by atoms with E-state index in [1.165, 1.54) is 4.90 Å². The van der Waals surface area contributed by atoms with Crippen LogP contribution in [0.15, 0.2) is 65.8 Å². The van der Waals surface area contributed by atoms with E-state index >= 15 is 0 Å². The highest BCUT2D eigenvalue weighted by atomic mass is 127. The molecule has 1 aliphatic rings. The van der Waals surface area contributed by atoms with Crippen molar-refractivity contribution >= 4 is 56.6 Å². The van der Waals surface area contributed by atoms with Gasteiger partial charge in [0, 0.05) is 14.5 Å². The number of halogens is 1. The van der Waals surface area contributed by atoms with Crippen molar-refractivity contribution in [3.05, 3.63) is 75.4 Å². The van der Waals surface area contributed by atoms with Gasteiger partial charge in [0.1, 0.15) is 6.54 Å². The maximum absolute atomic E-state index is 12.7. The van der Waals surface area contributed by atoms with Gasteiger partial charge in [-0.05, 0) is 64.7 Å². The summed E-state index contributed by atoms with van der Waals surface area (Å²) in [6, 6.07) is 19.2. The molecule has 0 unspecified atom stereocenters. The SMILES string of the molecule is C/C(=N/NC(=O)CN1C(=O)c2cccc3cccc1c23)c1ccc(I)cc1. The molecule has 27 heavy (non-hydrogen) atoms. The van der Waals surface area contributed by atoms with Gasteiger partial charge in [-0.25, -0.2) is 5.43 Å². The van der Waals surface area contributed by atoms with Gasteiger partial charge in [-0.2, -0.15) is 5.10 Å². The first kappa shape index (κ1) is 17.7. The van der Waals surface area contributed by atoms with E-state index in [1.54, 1.807) is 6.07 Å². The summed E-state index contributed by atoms with van der Waals surface area (Å²) < 4.78 is 1.13. The van der Waals surface area contributed by atoms with Gasteiger partial charge in [-0.15, -0.1) is 0 Å². The van der Waals surface area contributed by atoms with E-state index in [-0.39, 0.29) is 18.4 Å². The Morgan fingerprint density at radius 2 is 1.78 bits per heavy atom. The molecule has 0 atom stereocenters. The molecule has 1 heterocycles. The number of hydrogen-bond donors (Lipinski definition) is 1. The maximum atomic E-state index is 12.7. The summed E-state index contributed by atoms with van der Waals surface area (Å²) in [4.78, 5) is 26.6. The van der Waals surface area contributed by atoms with Gasteiger partial charge in [0.2, 0.25) is 0 Å². The summed E-state index contributed by atoms with van der Waals surface area (Å²) >= 11 is 2.24. The molecule has 0 radical (unpaired) electrons. The lowest BCUT2D eigenvalue weighted by molar-refractivity contribution is -0.119. The van der Waals surface area contributed by atoms with E-state index < -0.39 is 0 Å². The predicted octanol–water partition coefficient (Wildman–Crippen LogP) is 3.95. The lowest BCUT2D eigenvalue weighted by atomic mass is 10.1. The van der Waals surface area contributed by atoms with Gasteiger partial charge in [0.15, 0.2) is 0 Å². The normalized spacial score (nSPS) is 13.3. The third kappa shape index (κ3) is 3.32. The standard InChI is InChI=1S/C21H16IN3O2/c1-13(14-8-10-16(22)11-9-14)23-24-19(26)12-25-18-7-3-5-15-4-2-6-17(20(15)18)21(25)27/h2-11H,12H2,1H3,(H,24,26)/b23-13-. The summed E-state index contributed by atoms with van der Waals surface area (Å²) in [6.07, 6.45) is 0. The van der Waals surface area contributed by atoms with Gasteiger partial charge in [0.05, 0.1) is 11.4 Å². The van der Waals surface area contributed by atoms with Crippen molar-refractivity contribution in [3.8, 4) is 0 Å². The molecular weight excluding hydrogens is 453 g/mol. The van der Waals surface area contributed by atoms with Crippen LogP contribution in [0.25, 0.3) is 10.8 Å². The van der Waals surface area contributed by atoms with Gasteiger partial charge >= 0.3 is 0 Å². The second kappa shape index (κ2) is 7.11. The van der Waals surface area contributed by atoms with E-state index in [0.717, 1.165) is 25.6 Å². The van der Waals surface area contributed by atoms with Crippen LogP contribution in [0.5, 0.6) is 0 Å². The number of hydrazone groups is 1. The molecule has 4 rings (SSSR count). The quantitative estimate of drug-likeness (QED) is 0.358. The Morgan fingerprint density at radius 3 is 2.52 bits per heavy atom. The number of rotatable bonds is 4. The molecule has 0 saturated carbocycles. The number of nitrogens with one attached hydrogen (secondary N) is 1. The Labute approximate surface area is 170 Å². The van der Waals surface area contributed by atoms with E-state index in [1.807, 2.05) is 61.5 Å². The van der Waals surface area contributed by atoms with Crippen LogP contribution < -0.4 is 10.3 Å². The van der Waals surface area contributed by atoms with Crippen molar-refractivity contribution in [2.45, 2.75) is 6.92 Å². The zero-order chi connectivity index (χ0) is 19.0. The minimum atomic E-state index is -0.335. The van der Waals surface area contributed by atoms with E-state index in [9.17, 15) is 9.59 Å². The van der Waals surface area contributed by atoms with Crippen LogP contribution in [-0.4, -0.2) is 24.1 Å². The first-order valence-electron chi connectivity index (χ1n) is 8.47. The fourth-order valence-corrected chi connectivity index (χ4v) is 3.58. The summed E-state index contributed by atoms with van der Waals surface area (Å²) in [7, 11) is 0. The molecule has 0 bridgehead atoms. The number of nitrogens with zero attached hydrogens (tertiary/aromatic N) is 2. The van der Waals surface area contributed by atoms with Gasteiger partial charge in [0.25, 0.3) is 11.8 Å². The molecular formula is C21H16IN3O2. The van der Waals surface area contributed by atoms with Crippen molar-refractivity contribution in [1.29, 1.82) is 0 Å². The highest BCUT2D eigenvalue weighted by Gasteiger charge is 2.30. The lowest BCUT2D eigenvalue weighted by Crippen LogP contribution is -2.37. The molecule has 6 heteroatoms. The minimum Gasteiger partial charge on any atom is -0.298 e. The second-order valence-corrected chi connectivity index (χ2v) is 7.56. The molecule has 3 aromatic rings. The average Bonchev–Trinajstić information content (AvgIpc) is 2.95. The molecule has 1 N–H and O–H groups in total. The van der Waals surface area contributed by atoms with Crippen LogP contribution in [0.3, 0.4) is 0 Å². The minimum absolute atomic E-state index is 0.0733. The molecule has 0 aliphatic carbocycles. The van der Waals surface area contributed by atoms with E-state index in [4.69, 9.17) is 0 Å². The van der Waals surface area contributed by atoms with Crippen LogP contribution in [-0.2, 0) is 4.79 Å². The number of amides is 2. The molecule has 0 fully saturated rings. The fourth-order valence-electron chi connectivity index (χ4n) is 3.22. The number of carbonyl (C=O) groups excluding carboxylic acids is 2. The number of hydrogen-bond acceptors (Lipinski definition) is 3. The molecule has 1 aliphatic heterocycles. The molecule has 0 aromatic heterocycles. The van der Waals surface area contributed by atoms with Crippen LogP contribution in [0.2, 0.25) is 0 Å². The first-order valence-corrected chi connectivity index (χ1v) is 9.55. The van der Waals surface area contributed by atoms with Gasteiger partial charge < -0.3 is 0 Å². The summed E-state index contributed by atoms with van der Waals surface area (Å²) in [5.74, 6) is -0.492. The summed E-state index contributed by atoms with van der Waals surface area (Å²) in [6.45, 7) is 1.76. The predicted molar refractivity (Wildman–Crippen MR) is 115 cm³/mol. The Balaban J connectivity index is 1.51. The summed E-state index contributed by atoms with van der Waals surface area (Å²) in [5, 5.41) is 6.06. The third-order valence-electron chi connectivity index (χ3n) is 4.56. The van der Waals surface area contributed by atoms with Crippen molar-refractivity contribution in [1.82, 2.24) is 5.43 Å². The van der Waals surface area contributed by atoms with Gasteiger partial charge in [-0.3, -0.25) is 14.5 Å². The first-order chi connectivity index (χ1) is 13.0. The zero-order valence-corrected chi connectivity index (χ0v) is 16.7. The summed E-state index contributed by atoms with van der Waals surface area (Å²) in [5.41, 5.74) is 5.60. The van der Waals surface area contributed by atoms with Crippen molar-refractivity contribution in [2.75, 3.05) is 11.4 Å².